The Morgan fingerprint density at radius 2 is 2.14 bits per heavy atom. The first kappa shape index (κ1) is 9.68. The van der Waals surface area contributed by atoms with Gasteiger partial charge in [-0.2, -0.15) is 0 Å². The van der Waals surface area contributed by atoms with Crippen LogP contribution < -0.4 is 5.73 Å². The lowest BCUT2D eigenvalue weighted by Crippen LogP contribution is -1.91. The van der Waals surface area contributed by atoms with Gasteiger partial charge in [-0.05, 0) is 22.0 Å². The van der Waals surface area contributed by atoms with Crippen molar-refractivity contribution >= 4 is 44.1 Å². The molecule has 0 saturated carbocycles. The summed E-state index contributed by atoms with van der Waals surface area (Å²) in [7, 11) is 0. The summed E-state index contributed by atoms with van der Waals surface area (Å²) in [5.74, 6) is -0.370. The van der Waals surface area contributed by atoms with Crippen LogP contribution in [-0.2, 0) is 0 Å². The molecule has 14 heavy (non-hydrogen) atoms. The standard InChI is InChI=1S/C9H5BrClFN2/c10-5-1-4-8(2-6(5)12)14-3-7(13)9(4)11/h1-3H,13H2. The molecule has 72 valence electrons. The van der Waals surface area contributed by atoms with Crippen molar-refractivity contribution < 1.29 is 4.39 Å². The van der Waals surface area contributed by atoms with Gasteiger partial charge in [0.15, 0.2) is 0 Å². The lowest BCUT2D eigenvalue weighted by Gasteiger charge is -2.03. The highest BCUT2D eigenvalue weighted by Gasteiger charge is 2.08. The zero-order chi connectivity index (χ0) is 10.3. The van der Waals surface area contributed by atoms with Gasteiger partial charge in [-0.15, -0.1) is 0 Å². The average Bonchev–Trinajstić information content (AvgIpc) is 2.15. The molecule has 0 bridgehead atoms. The van der Waals surface area contributed by atoms with E-state index >= 15 is 0 Å². The highest BCUT2D eigenvalue weighted by atomic mass is 79.9. The fourth-order valence-electron chi connectivity index (χ4n) is 1.17. The highest BCUT2D eigenvalue weighted by Crippen LogP contribution is 2.30. The largest absolute Gasteiger partial charge is 0.396 e. The number of halogens is 3. The van der Waals surface area contributed by atoms with Gasteiger partial charge in [0.05, 0.1) is 26.9 Å². The summed E-state index contributed by atoms with van der Waals surface area (Å²) in [5.41, 5.74) is 6.45. The van der Waals surface area contributed by atoms with Gasteiger partial charge < -0.3 is 5.73 Å². The molecule has 2 nitrogen and oxygen atoms in total. The van der Waals surface area contributed by atoms with E-state index in [0.717, 1.165) is 0 Å². The number of pyridine rings is 1. The van der Waals surface area contributed by atoms with E-state index in [1.807, 2.05) is 0 Å². The van der Waals surface area contributed by atoms with E-state index < -0.39 is 0 Å². The van der Waals surface area contributed by atoms with Gasteiger partial charge in [0.2, 0.25) is 0 Å². The maximum Gasteiger partial charge on any atom is 0.139 e. The van der Waals surface area contributed by atoms with Gasteiger partial charge in [0, 0.05) is 11.5 Å². The molecular weight excluding hydrogens is 270 g/mol. The molecule has 5 heteroatoms. The quantitative estimate of drug-likeness (QED) is 0.800. The molecule has 0 fully saturated rings. The van der Waals surface area contributed by atoms with Gasteiger partial charge in [-0.25, -0.2) is 4.39 Å². The normalized spacial score (nSPS) is 10.8. The summed E-state index contributed by atoms with van der Waals surface area (Å²) >= 11 is 9.01. The first-order valence-corrected chi connectivity index (χ1v) is 4.95. The Bertz CT molecular complexity index is 516. The topological polar surface area (TPSA) is 38.9 Å². The molecule has 0 aliphatic heterocycles. The SMILES string of the molecule is Nc1cnc2cc(F)c(Br)cc2c1Cl. The van der Waals surface area contributed by atoms with Crippen molar-refractivity contribution in [3.8, 4) is 0 Å². The minimum absolute atomic E-state index is 0.347. The molecular formula is C9H5BrClFN2. The van der Waals surface area contributed by atoms with Crippen LogP contribution in [-0.4, -0.2) is 4.98 Å². The Kier molecular flexibility index (Phi) is 2.33. The van der Waals surface area contributed by atoms with Crippen LogP contribution in [0.5, 0.6) is 0 Å². The van der Waals surface area contributed by atoms with Crippen LogP contribution in [0.2, 0.25) is 5.02 Å². The lowest BCUT2D eigenvalue weighted by atomic mass is 10.2. The summed E-state index contributed by atoms with van der Waals surface area (Å²) in [5, 5.41) is 1.04. The molecule has 2 aromatic rings. The third-order valence-electron chi connectivity index (χ3n) is 1.87. The summed E-state index contributed by atoms with van der Waals surface area (Å²) in [6, 6.07) is 2.88. The predicted octanol–water partition coefficient (Wildman–Crippen LogP) is 3.37. The van der Waals surface area contributed by atoms with E-state index in [4.69, 9.17) is 17.3 Å². The minimum atomic E-state index is -0.370. The number of nitrogens with zero attached hydrogens (tertiary/aromatic N) is 1. The second-order valence-electron chi connectivity index (χ2n) is 2.81. The molecule has 0 saturated heterocycles. The molecule has 0 aliphatic carbocycles. The van der Waals surface area contributed by atoms with Crippen molar-refractivity contribution in [1.82, 2.24) is 4.98 Å². The number of rotatable bonds is 0. The number of benzene rings is 1. The molecule has 0 atom stereocenters. The van der Waals surface area contributed by atoms with Crippen LogP contribution in [0.3, 0.4) is 0 Å². The maximum atomic E-state index is 13.1. The molecule has 1 heterocycles. The van der Waals surface area contributed by atoms with E-state index in [1.54, 1.807) is 6.07 Å². The number of aromatic nitrogens is 1. The van der Waals surface area contributed by atoms with E-state index in [1.165, 1.54) is 12.3 Å². The Hall–Kier alpha value is -0.870. The molecule has 0 aliphatic rings. The molecule has 0 amide bonds. The second kappa shape index (κ2) is 3.37. The van der Waals surface area contributed by atoms with E-state index in [0.29, 0.717) is 26.1 Å². The second-order valence-corrected chi connectivity index (χ2v) is 4.04. The van der Waals surface area contributed by atoms with Gasteiger partial charge in [0.1, 0.15) is 5.82 Å². The maximum absolute atomic E-state index is 13.1. The number of anilines is 1. The summed E-state index contributed by atoms with van der Waals surface area (Å²) in [6.07, 6.45) is 1.41. The van der Waals surface area contributed by atoms with Crippen LogP contribution >= 0.6 is 27.5 Å². The van der Waals surface area contributed by atoms with Crippen molar-refractivity contribution in [1.29, 1.82) is 0 Å². The Morgan fingerprint density at radius 1 is 1.43 bits per heavy atom. The third-order valence-corrected chi connectivity index (χ3v) is 2.90. The van der Waals surface area contributed by atoms with Crippen LogP contribution in [0.15, 0.2) is 22.8 Å². The van der Waals surface area contributed by atoms with E-state index in [2.05, 4.69) is 20.9 Å². The summed E-state index contributed by atoms with van der Waals surface area (Å²) < 4.78 is 13.5. The minimum Gasteiger partial charge on any atom is -0.396 e. The monoisotopic (exact) mass is 274 g/mol. The predicted molar refractivity (Wildman–Crippen MR) is 58.8 cm³/mol. The highest BCUT2D eigenvalue weighted by molar-refractivity contribution is 9.10. The zero-order valence-electron chi connectivity index (χ0n) is 6.89. The third kappa shape index (κ3) is 1.44. The van der Waals surface area contributed by atoms with Crippen molar-refractivity contribution in [2.24, 2.45) is 0 Å². The number of nitrogens with two attached hydrogens (primary N) is 1. The van der Waals surface area contributed by atoms with Crippen LogP contribution in [0, 0.1) is 5.82 Å². The van der Waals surface area contributed by atoms with Crippen LogP contribution in [0.1, 0.15) is 0 Å². The van der Waals surface area contributed by atoms with Gasteiger partial charge in [0.25, 0.3) is 0 Å². The average molecular weight is 276 g/mol. The fourth-order valence-corrected chi connectivity index (χ4v) is 1.71. The Morgan fingerprint density at radius 3 is 2.86 bits per heavy atom. The van der Waals surface area contributed by atoms with Crippen molar-refractivity contribution in [3.63, 3.8) is 0 Å². The van der Waals surface area contributed by atoms with Gasteiger partial charge in [-0.3, -0.25) is 4.98 Å². The number of fused-ring (bicyclic) bond motifs is 1. The molecule has 2 N–H and O–H groups in total. The van der Waals surface area contributed by atoms with Crippen molar-refractivity contribution in [2.75, 3.05) is 5.73 Å². The summed E-state index contributed by atoms with van der Waals surface area (Å²) in [4.78, 5) is 3.97. The first-order valence-electron chi connectivity index (χ1n) is 3.78. The smallest absolute Gasteiger partial charge is 0.139 e. The van der Waals surface area contributed by atoms with Crippen LogP contribution in [0.4, 0.5) is 10.1 Å². The van der Waals surface area contributed by atoms with Crippen molar-refractivity contribution in [3.05, 3.63) is 33.6 Å². The molecule has 1 aromatic heterocycles. The Balaban J connectivity index is 2.89. The van der Waals surface area contributed by atoms with E-state index in [-0.39, 0.29) is 5.82 Å². The first-order chi connectivity index (χ1) is 6.59. The molecule has 2 rings (SSSR count). The number of nitrogen functional groups attached to an aromatic ring is 1. The van der Waals surface area contributed by atoms with Crippen LogP contribution in [0.25, 0.3) is 10.9 Å². The van der Waals surface area contributed by atoms with Crippen molar-refractivity contribution in [2.45, 2.75) is 0 Å². The van der Waals surface area contributed by atoms with Gasteiger partial charge in [-0.1, -0.05) is 11.6 Å². The molecule has 0 spiro atoms. The molecule has 1 aromatic carbocycles. The fraction of sp³-hybridized carbons (Fsp3) is 0. The summed E-state index contributed by atoms with van der Waals surface area (Å²) in [6.45, 7) is 0. The Labute approximate surface area is 93.0 Å². The molecule has 0 radical (unpaired) electrons. The lowest BCUT2D eigenvalue weighted by molar-refractivity contribution is 0.623. The van der Waals surface area contributed by atoms with E-state index in [9.17, 15) is 4.39 Å². The zero-order valence-corrected chi connectivity index (χ0v) is 9.23. The molecule has 0 unspecified atom stereocenters. The van der Waals surface area contributed by atoms with Gasteiger partial charge >= 0.3 is 0 Å². The number of hydrogen-bond donors (Lipinski definition) is 1. The number of hydrogen-bond acceptors (Lipinski definition) is 2.